The van der Waals surface area contributed by atoms with E-state index in [-0.39, 0.29) is 24.3 Å². The fourth-order valence-electron chi connectivity index (χ4n) is 4.19. The Labute approximate surface area is 184 Å². The molecule has 1 aromatic carbocycles. The van der Waals surface area contributed by atoms with Crippen LogP contribution in [0.25, 0.3) is 0 Å². The molecule has 1 aliphatic carbocycles. The van der Waals surface area contributed by atoms with Crippen molar-refractivity contribution in [1.29, 1.82) is 0 Å². The lowest BCUT2D eigenvalue weighted by Gasteiger charge is -2.35. The number of amides is 2. The van der Waals surface area contributed by atoms with Gasteiger partial charge in [-0.15, -0.1) is 0 Å². The number of para-hydroxylation sites is 1. The summed E-state index contributed by atoms with van der Waals surface area (Å²) in [6.45, 7) is 3.36. The number of piperazine rings is 1. The van der Waals surface area contributed by atoms with Gasteiger partial charge in [-0.2, -0.15) is 0 Å². The zero-order valence-electron chi connectivity index (χ0n) is 18.4. The highest BCUT2D eigenvalue weighted by Crippen LogP contribution is 2.24. The van der Waals surface area contributed by atoms with Crippen molar-refractivity contribution in [2.75, 3.05) is 19.7 Å². The molecule has 31 heavy (non-hydrogen) atoms. The summed E-state index contributed by atoms with van der Waals surface area (Å²) in [4.78, 5) is 39.9. The molecular weight excluding hydrogens is 396 g/mol. The van der Waals surface area contributed by atoms with Crippen molar-refractivity contribution in [1.82, 2.24) is 10.2 Å². The quantitative estimate of drug-likeness (QED) is 0.479. The van der Waals surface area contributed by atoms with E-state index in [2.05, 4.69) is 12.2 Å². The molecule has 0 aromatic heterocycles. The fourth-order valence-corrected chi connectivity index (χ4v) is 4.19. The van der Waals surface area contributed by atoms with Gasteiger partial charge in [0.05, 0.1) is 18.6 Å². The molecule has 0 bridgehead atoms. The molecule has 2 aliphatic rings. The lowest BCUT2D eigenvalue weighted by molar-refractivity contribution is -0.153. The minimum absolute atomic E-state index is 0.0747. The Morgan fingerprint density at radius 3 is 2.68 bits per heavy atom. The van der Waals surface area contributed by atoms with Crippen LogP contribution in [0, 0.1) is 0 Å². The lowest BCUT2D eigenvalue weighted by Crippen LogP contribution is -2.58. The SMILES string of the molecule is CCCCCOc1ccccc1C(=O)N1CCNC(=O)[C@H]1CC(=O)OC1CCCCC1. The smallest absolute Gasteiger partial charge is 0.308 e. The van der Waals surface area contributed by atoms with Crippen LogP contribution in [0.4, 0.5) is 0 Å². The molecule has 1 saturated heterocycles. The number of unbranched alkanes of at least 4 members (excludes halogenated alkanes) is 2. The number of ether oxygens (including phenoxy) is 2. The highest BCUT2D eigenvalue weighted by molar-refractivity contribution is 6.01. The third kappa shape index (κ3) is 6.45. The van der Waals surface area contributed by atoms with E-state index >= 15 is 0 Å². The largest absolute Gasteiger partial charge is 0.493 e. The van der Waals surface area contributed by atoms with Crippen LogP contribution < -0.4 is 10.1 Å². The highest BCUT2D eigenvalue weighted by atomic mass is 16.5. The molecule has 1 saturated carbocycles. The van der Waals surface area contributed by atoms with Crippen LogP contribution in [0.2, 0.25) is 0 Å². The van der Waals surface area contributed by atoms with Gasteiger partial charge in [0.1, 0.15) is 17.9 Å². The zero-order chi connectivity index (χ0) is 22.1. The molecule has 3 rings (SSSR count). The molecule has 1 atom stereocenters. The van der Waals surface area contributed by atoms with Crippen LogP contribution in [-0.4, -0.2) is 54.5 Å². The lowest BCUT2D eigenvalue weighted by atomic mass is 9.98. The predicted molar refractivity (Wildman–Crippen MR) is 117 cm³/mol. The van der Waals surface area contributed by atoms with Gasteiger partial charge in [-0.25, -0.2) is 0 Å². The van der Waals surface area contributed by atoms with Crippen molar-refractivity contribution in [2.45, 2.75) is 76.9 Å². The predicted octanol–water partition coefficient (Wildman–Crippen LogP) is 3.46. The van der Waals surface area contributed by atoms with Gasteiger partial charge in [0.2, 0.25) is 5.91 Å². The highest BCUT2D eigenvalue weighted by Gasteiger charge is 2.37. The van der Waals surface area contributed by atoms with Crippen molar-refractivity contribution in [2.24, 2.45) is 0 Å². The van der Waals surface area contributed by atoms with E-state index in [1.54, 1.807) is 18.2 Å². The summed E-state index contributed by atoms with van der Waals surface area (Å²) in [5.74, 6) is -0.521. The second-order valence-corrected chi connectivity index (χ2v) is 8.31. The molecule has 2 fully saturated rings. The molecule has 7 nitrogen and oxygen atoms in total. The van der Waals surface area contributed by atoms with Gasteiger partial charge in [-0.1, -0.05) is 38.3 Å². The van der Waals surface area contributed by atoms with Crippen LogP contribution >= 0.6 is 0 Å². The minimum atomic E-state index is -0.870. The number of benzene rings is 1. The van der Waals surface area contributed by atoms with Crippen LogP contribution in [0.3, 0.4) is 0 Å². The molecule has 1 N–H and O–H groups in total. The van der Waals surface area contributed by atoms with E-state index in [1.807, 2.05) is 6.07 Å². The number of carbonyl (C=O) groups is 3. The Morgan fingerprint density at radius 1 is 1.13 bits per heavy atom. The van der Waals surface area contributed by atoms with Gasteiger partial charge in [0.25, 0.3) is 5.91 Å². The number of esters is 1. The Balaban J connectivity index is 1.68. The summed E-state index contributed by atoms with van der Waals surface area (Å²) in [6, 6.07) is 6.22. The van der Waals surface area contributed by atoms with E-state index in [0.717, 1.165) is 44.9 Å². The minimum Gasteiger partial charge on any atom is -0.493 e. The van der Waals surface area contributed by atoms with Crippen molar-refractivity contribution in [3.05, 3.63) is 29.8 Å². The van der Waals surface area contributed by atoms with E-state index in [0.29, 0.717) is 31.0 Å². The van der Waals surface area contributed by atoms with Crippen LogP contribution in [-0.2, 0) is 14.3 Å². The second kappa shape index (κ2) is 11.7. The number of hydrogen-bond donors (Lipinski definition) is 1. The number of rotatable bonds is 9. The fraction of sp³-hybridized carbons (Fsp3) is 0.625. The maximum absolute atomic E-state index is 13.4. The number of carbonyl (C=O) groups excluding carboxylic acids is 3. The molecule has 1 aliphatic heterocycles. The summed E-state index contributed by atoms with van der Waals surface area (Å²) < 4.78 is 11.4. The van der Waals surface area contributed by atoms with E-state index in [4.69, 9.17) is 9.47 Å². The van der Waals surface area contributed by atoms with Crippen molar-refractivity contribution in [3.8, 4) is 5.75 Å². The van der Waals surface area contributed by atoms with E-state index < -0.39 is 12.0 Å². The van der Waals surface area contributed by atoms with Crippen molar-refractivity contribution in [3.63, 3.8) is 0 Å². The van der Waals surface area contributed by atoms with Gasteiger partial charge >= 0.3 is 5.97 Å². The first-order valence-corrected chi connectivity index (χ1v) is 11.6. The molecule has 0 radical (unpaired) electrons. The van der Waals surface area contributed by atoms with Crippen LogP contribution in [0.15, 0.2) is 24.3 Å². The van der Waals surface area contributed by atoms with E-state index in [9.17, 15) is 14.4 Å². The molecule has 0 spiro atoms. The second-order valence-electron chi connectivity index (χ2n) is 8.31. The van der Waals surface area contributed by atoms with Gasteiger partial charge in [0, 0.05) is 13.1 Å². The average Bonchev–Trinajstić information content (AvgIpc) is 2.78. The maximum Gasteiger partial charge on any atom is 0.308 e. The summed E-state index contributed by atoms with van der Waals surface area (Å²) in [5.41, 5.74) is 0.416. The topological polar surface area (TPSA) is 84.9 Å². The molecule has 0 unspecified atom stereocenters. The molecular formula is C24H34N2O5. The summed E-state index contributed by atoms with van der Waals surface area (Å²) >= 11 is 0. The normalized spacial score (nSPS) is 19.6. The monoisotopic (exact) mass is 430 g/mol. The first-order chi connectivity index (χ1) is 15.1. The number of nitrogens with one attached hydrogen (secondary N) is 1. The Bertz CT molecular complexity index is 760. The first kappa shape index (κ1) is 23.1. The van der Waals surface area contributed by atoms with Crippen LogP contribution in [0.5, 0.6) is 5.75 Å². The zero-order valence-corrected chi connectivity index (χ0v) is 18.4. The van der Waals surface area contributed by atoms with Crippen LogP contribution in [0.1, 0.15) is 75.1 Å². The maximum atomic E-state index is 13.4. The standard InChI is InChI=1S/C24H34N2O5/c1-2-3-9-16-30-21-13-8-7-12-19(21)24(29)26-15-14-25-23(28)20(26)17-22(27)31-18-10-5-4-6-11-18/h7-8,12-13,18,20H,2-6,9-11,14-17H2,1H3,(H,25,28)/t20-/m1/s1. The third-order valence-electron chi connectivity index (χ3n) is 5.92. The summed E-state index contributed by atoms with van der Waals surface area (Å²) in [7, 11) is 0. The molecule has 2 amide bonds. The Morgan fingerprint density at radius 2 is 1.90 bits per heavy atom. The first-order valence-electron chi connectivity index (χ1n) is 11.6. The van der Waals surface area contributed by atoms with Crippen molar-refractivity contribution >= 4 is 17.8 Å². The molecule has 7 heteroatoms. The Hall–Kier alpha value is -2.57. The molecule has 1 heterocycles. The van der Waals surface area contributed by atoms with Gasteiger partial charge < -0.3 is 19.7 Å². The number of hydrogen-bond acceptors (Lipinski definition) is 5. The third-order valence-corrected chi connectivity index (χ3v) is 5.92. The van der Waals surface area contributed by atoms with Crippen molar-refractivity contribution < 1.29 is 23.9 Å². The molecule has 170 valence electrons. The Kier molecular flexibility index (Phi) is 8.74. The number of nitrogens with zero attached hydrogens (tertiary/aromatic N) is 1. The summed E-state index contributed by atoms with van der Waals surface area (Å²) in [6.07, 6.45) is 7.88. The molecule has 1 aromatic rings. The average molecular weight is 431 g/mol. The van der Waals surface area contributed by atoms with Gasteiger partial charge in [-0.05, 0) is 44.2 Å². The summed E-state index contributed by atoms with van der Waals surface area (Å²) in [5, 5.41) is 2.77. The van der Waals surface area contributed by atoms with Gasteiger partial charge in [-0.3, -0.25) is 14.4 Å². The van der Waals surface area contributed by atoms with E-state index in [1.165, 1.54) is 11.3 Å². The van der Waals surface area contributed by atoms with Gasteiger partial charge in [0.15, 0.2) is 0 Å².